The smallest absolute Gasteiger partial charge is 0.363 e. The second-order valence-corrected chi connectivity index (χ2v) is 6.11. The molecule has 0 amide bonds. The quantitative estimate of drug-likeness (QED) is 0.556. The van der Waals surface area contributed by atoms with Gasteiger partial charge in [0.2, 0.25) is 5.90 Å². The Balaban J connectivity index is 1.93. The van der Waals surface area contributed by atoms with Crippen molar-refractivity contribution in [1.82, 2.24) is 0 Å². The molecule has 0 aromatic heterocycles. The van der Waals surface area contributed by atoms with E-state index in [0.29, 0.717) is 18.1 Å². The highest BCUT2D eigenvalue weighted by Gasteiger charge is 2.24. The van der Waals surface area contributed by atoms with Crippen molar-refractivity contribution >= 4 is 33.9 Å². The maximum Gasteiger partial charge on any atom is 0.363 e. The summed E-state index contributed by atoms with van der Waals surface area (Å²) in [6.07, 6.45) is 1.66. The van der Waals surface area contributed by atoms with Gasteiger partial charge in [-0.3, -0.25) is 0 Å². The molecule has 2 aromatic rings. The first-order valence-electron chi connectivity index (χ1n) is 7.70. The zero-order chi connectivity index (χ0) is 17.8. The minimum absolute atomic E-state index is 0.239. The molecule has 0 N–H and O–H groups in total. The standard InChI is InChI=1S/C19H16BrNO4/c1-3-24-17-10-12(7-8-16(17)23-2)9-15-19(22)25-18(21-15)13-5-4-6-14(20)11-13/h4-11H,3H2,1-2H3. The number of carbonyl (C=O) groups is 1. The number of benzene rings is 2. The average molecular weight is 402 g/mol. The van der Waals surface area contributed by atoms with Gasteiger partial charge in [0.05, 0.1) is 13.7 Å². The summed E-state index contributed by atoms with van der Waals surface area (Å²) >= 11 is 3.39. The number of hydrogen-bond acceptors (Lipinski definition) is 5. The molecule has 0 bridgehead atoms. The third-order valence-corrected chi connectivity index (χ3v) is 3.98. The van der Waals surface area contributed by atoms with E-state index < -0.39 is 5.97 Å². The lowest BCUT2D eigenvalue weighted by molar-refractivity contribution is -0.129. The van der Waals surface area contributed by atoms with E-state index in [1.807, 2.05) is 37.3 Å². The topological polar surface area (TPSA) is 57.1 Å². The third-order valence-electron chi connectivity index (χ3n) is 3.48. The highest BCUT2D eigenvalue weighted by atomic mass is 79.9. The molecule has 0 saturated carbocycles. The Morgan fingerprint density at radius 1 is 1.20 bits per heavy atom. The molecule has 2 aromatic carbocycles. The highest BCUT2D eigenvalue weighted by molar-refractivity contribution is 9.10. The molecule has 1 aliphatic rings. The number of cyclic esters (lactones) is 1. The van der Waals surface area contributed by atoms with E-state index in [2.05, 4.69) is 20.9 Å². The van der Waals surface area contributed by atoms with E-state index in [0.717, 1.165) is 15.6 Å². The fourth-order valence-electron chi connectivity index (χ4n) is 2.36. The summed E-state index contributed by atoms with van der Waals surface area (Å²) in [4.78, 5) is 16.4. The molecule has 5 nitrogen and oxygen atoms in total. The molecule has 6 heteroatoms. The number of ether oxygens (including phenoxy) is 3. The summed E-state index contributed by atoms with van der Waals surface area (Å²) < 4.78 is 17.0. The number of hydrogen-bond donors (Lipinski definition) is 0. The van der Waals surface area contributed by atoms with Gasteiger partial charge in [0.15, 0.2) is 17.2 Å². The predicted octanol–water partition coefficient (Wildman–Crippen LogP) is 4.20. The van der Waals surface area contributed by atoms with Crippen LogP contribution in [0.5, 0.6) is 11.5 Å². The van der Waals surface area contributed by atoms with Crippen molar-refractivity contribution in [1.29, 1.82) is 0 Å². The molecule has 0 atom stereocenters. The summed E-state index contributed by atoms with van der Waals surface area (Å²) in [6.45, 7) is 2.41. The molecule has 0 radical (unpaired) electrons. The number of carbonyl (C=O) groups excluding carboxylic acids is 1. The third kappa shape index (κ3) is 3.91. The zero-order valence-electron chi connectivity index (χ0n) is 13.8. The van der Waals surface area contributed by atoms with Gasteiger partial charge < -0.3 is 14.2 Å². The van der Waals surface area contributed by atoms with Gasteiger partial charge >= 0.3 is 5.97 Å². The van der Waals surface area contributed by atoms with Crippen LogP contribution in [0.4, 0.5) is 0 Å². The van der Waals surface area contributed by atoms with Crippen LogP contribution in [0.1, 0.15) is 18.1 Å². The molecule has 0 saturated heterocycles. The van der Waals surface area contributed by atoms with Crippen LogP contribution < -0.4 is 9.47 Å². The van der Waals surface area contributed by atoms with Gasteiger partial charge in [-0.25, -0.2) is 9.79 Å². The summed E-state index contributed by atoms with van der Waals surface area (Å²) in [5.41, 5.74) is 1.74. The van der Waals surface area contributed by atoms with Crippen LogP contribution in [0.2, 0.25) is 0 Å². The Hall–Kier alpha value is -2.60. The van der Waals surface area contributed by atoms with E-state index in [4.69, 9.17) is 14.2 Å². The lowest BCUT2D eigenvalue weighted by Gasteiger charge is -2.09. The molecule has 128 valence electrons. The lowest BCUT2D eigenvalue weighted by atomic mass is 10.1. The SMILES string of the molecule is CCOc1cc(C=C2N=C(c3cccc(Br)c3)OC2=O)ccc1OC. The van der Waals surface area contributed by atoms with Crippen LogP contribution >= 0.6 is 15.9 Å². The van der Waals surface area contributed by atoms with Crippen molar-refractivity contribution in [3.63, 3.8) is 0 Å². The molecule has 3 rings (SSSR count). The number of halogens is 1. The van der Waals surface area contributed by atoms with Crippen LogP contribution in [-0.4, -0.2) is 25.6 Å². The van der Waals surface area contributed by atoms with Crippen molar-refractivity contribution < 1.29 is 19.0 Å². The van der Waals surface area contributed by atoms with Crippen LogP contribution in [0, 0.1) is 0 Å². The Labute approximate surface area is 154 Å². The normalized spacial score (nSPS) is 15.1. The van der Waals surface area contributed by atoms with Gasteiger partial charge in [-0.1, -0.05) is 28.1 Å². The van der Waals surface area contributed by atoms with Gasteiger partial charge in [0.25, 0.3) is 0 Å². The summed E-state index contributed by atoms with van der Waals surface area (Å²) in [5.74, 6) is 1.05. The largest absolute Gasteiger partial charge is 0.493 e. The maximum absolute atomic E-state index is 12.1. The Bertz CT molecular complexity index is 873. The van der Waals surface area contributed by atoms with Crippen LogP contribution in [0.25, 0.3) is 6.08 Å². The highest BCUT2D eigenvalue weighted by Crippen LogP contribution is 2.29. The van der Waals surface area contributed by atoms with Crippen LogP contribution in [0.3, 0.4) is 0 Å². The number of aliphatic imine (C=N–C) groups is 1. The van der Waals surface area contributed by atoms with Crippen LogP contribution in [-0.2, 0) is 9.53 Å². The first-order chi connectivity index (χ1) is 12.1. The molecule has 25 heavy (non-hydrogen) atoms. The van der Waals surface area contributed by atoms with E-state index in [1.165, 1.54) is 0 Å². The molecule has 0 spiro atoms. The summed E-state index contributed by atoms with van der Waals surface area (Å²) in [7, 11) is 1.58. The maximum atomic E-state index is 12.1. The molecule has 0 fully saturated rings. The molecular weight excluding hydrogens is 386 g/mol. The molecule has 1 aliphatic heterocycles. The molecule has 0 aliphatic carbocycles. The Kier molecular flexibility index (Phi) is 5.19. The zero-order valence-corrected chi connectivity index (χ0v) is 15.4. The molecule has 0 unspecified atom stereocenters. The summed E-state index contributed by atoms with van der Waals surface area (Å²) in [6, 6.07) is 12.8. The van der Waals surface area contributed by atoms with Gasteiger partial charge in [-0.2, -0.15) is 0 Å². The van der Waals surface area contributed by atoms with Crippen molar-refractivity contribution in [3.05, 3.63) is 63.8 Å². The van der Waals surface area contributed by atoms with Crippen molar-refractivity contribution in [3.8, 4) is 11.5 Å². The molecular formula is C19H16BrNO4. The minimum atomic E-state index is -0.483. The van der Waals surface area contributed by atoms with Crippen LogP contribution in [0.15, 0.2) is 57.6 Å². The first kappa shape index (κ1) is 17.2. The van der Waals surface area contributed by atoms with E-state index in [1.54, 1.807) is 25.3 Å². The minimum Gasteiger partial charge on any atom is -0.493 e. The Morgan fingerprint density at radius 2 is 2.04 bits per heavy atom. The second kappa shape index (κ2) is 7.53. The van der Waals surface area contributed by atoms with Gasteiger partial charge in [0, 0.05) is 10.0 Å². The second-order valence-electron chi connectivity index (χ2n) is 5.19. The first-order valence-corrected chi connectivity index (χ1v) is 8.49. The van der Waals surface area contributed by atoms with Gasteiger partial charge in [-0.05, 0) is 48.9 Å². The van der Waals surface area contributed by atoms with E-state index >= 15 is 0 Å². The summed E-state index contributed by atoms with van der Waals surface area (Å²) in [5, 5.41) is 0. The number of methoxy groups -OCH3 is 1. The van der Waals surface area contributed by atoms with E-state index in [-0.39, 0.29) is 11.6 Å². The van der Waals surface area contributed by atoms with Gasteiger partial charge in [0.1, 0.15) is 0 Å². The molecule has 1 heterocycles. The predicted molar refractivity (Wildman–Crippen MR) is 98.9 cm³/mol. The number of rotatable bonds is 5. The van der Waals surface area contributed by atoms with Crippen molar-refractivity contribution in [2.45, 2.75) is 6.92 Å². The monoisotopic (exact) mass is 401 g/mol. The van der Waals surface area contributed by atoms with E-state index in [9.17, 15) is 4.79 Å². The number of esters is 1. The Morgan fingerprint density at radius 3 is 2.76 bits per heavy atom. The average Bonchev–Trinajstić information content (AvgIpc) is 2.96. The number of nitrogens with zero attached hydrogens (tertiary/aromatic N) is 1. The lowest BCUT2D eigenvalue weighted by Crippen LogP contribution is -2.05. The van der Waals surface area contributed by atoms with Gasteiger partial charge in [-0.15, -0.1) is 0 Å². The fraction of sp³-hybridized carbons (Fsp3) is 0.158. The fourth-order valence-corrected chi connectivity index (χ4v) is 2.76. The van der Waals surface area contributed by atoms with Crippen molar-refractivity contribution in [2.24, 2.45) is 4.99 Å². The van der Waals surface area contributed by atoms with Crippen molar-refractivity contribution in [2.75, 3.05) is 13.7 Å².